The molecule has 0 aromatic heterocycles. The molecule has 0 saturated carbocycles. The van der Waals surface area contributed by atoms with E-state index in [0.717, 1.165) is 0 Å². The Balaban J connectivity index is 7.68. The van der Waals surface area contributed by atoms with Crippen LogP contribution in [0.1, 0.15) is 0 Å². The number of alkyl halides is 31. The van der Waals surface area contributed by atoms with Crippen molar-refractivity contribution in [2.24, 2.45) is 0 Å². The zero-order valence-corrected chi connectivity index (χ0v) is 21.2. The average molecular weight is 833 g/mol. The van der Waals surface area contributed by atoms with Gasteiger partial charge in [0.15, 0.2) is 6.67 Å². The molecular formula is C17H2F33. The number of hydrogen-bond acceptors (Lipinski definition) is 0. The molecule has 0 bridgehead atoms. The normalized spacial score (nSPS) is 17.2. The Morgan fingerprint density at radius 2 is 0.380 bits per heavy atom. The van der Waals surface area contributed by atoms with Crippen molar-refractivity contribution in [1.82, 2.24) is 0 Å². The quantitative estimate of drug-likeness (QED) is 0.136. The van der Waals surface area contributed by atoms with Crippen LogP contribution in [0.3, 0.4) is 0 Å². The molecule has 0 aromatic carbocycles. The summed E-state index contributed by atoms with van der Waals surface area (Å²) in [7, 11) is 0. The highest BCUT2D eigenvalue weighted by molar-refractivity contribution is 5.22. The van der Waals surface area contributed by atoms with Gasteiger partial charge in [0.05, 0.1) is 0 Å². The highest BCUT2D eigenvalue weighted by Crippen LogP contribution is 2.69. The smallest absolute Gasteiger partial charge is 0.244 e. The van der Waals surface area contributed by atoms with Crippen LogP contribution in [0.4, 0.5) is 145 Å². The Kier molecular flexibility index (Phi) is 11.1. The molecular weight excluding hydrogens is 831 g/mol. The van der Waals surface area contributed by atoms with Crippen LogP contribution in [0.5, 0.6) is 0 Å². The van der Waals surface area contributed by atoms with Crippen molar-refractivity contribution in [3.63, 3.8) is 0 Å². The topological polar surface area (TPSA) is 0 Å². The van der Waals surface area contributed by atoms with Gasteiger partial charge < -0.3 is 0 Å². The van der Waals surface area contributed by atoms with Crippen molar-refractivity contribution < 1.29 is 145 Å². The van der Waals surface area contributed by atoms with E-state index >= 15 is 0 Å². The molecule has 0 saturated heterocycles. The van der Waals surface area contributed by atoms with E-state index in [0.29, 0.717) is 0 Å². The minimum atomic E-state index is -10.2. The van der Waals surface area contributed by atoms with Gasteiger partial charge in [-0.2, -0.15) is 140 Å². The molecule has 0 amide bonds. The van der Waals surface area contributed by atoms with Gasteiger partial charge in [-0.1, -0.05) is 0 Å². The van der Waals surface area contributed by atoms with Crippen LogP contribution in [0, 0.1) is 6.43 Å². The maximum absolute atomic E-state index is 13.7. The summed E-state index contributed by atoms with van der Waals surface area (Å²) in [6.45, 7) is -4.41. The van der Waals surface area contributed by atoms with Crippen molar-refractivity contribution in [1.29, 1.82) is 0 Å². The maximum Gasteiger partial charge on any atom is 0.385 e. The summed E-state index contributed by atoms with van der Waals surface area (Å²) in [4.78, 5) is 0. The van der Waals surface area contributed by atoms with Gasteiger partial charge in [0.1, 0.15) is 0 Å². The Hall–Kier alpha value is -2.31. The first-order valence-corrected chi connectivity index (χ1v) is 10.4. The first-order valence-electron chi connectivity index (χ1n) is 10.4. The second-order valence-electron chi connectivity index (χ2n) is 9.14. The van der Waals surface area contributed by atoms with E-state index in [1.807, 2.05) is 0 Å². The molecule has 0 atom stereocenters. The van der Waals surface area contributed by atoms with E-state index in [4.69, 9.17) is 0 Å². The Morgan fingerprint density at radius 3 is 0.520 bits per heavy atom. The average Bonchev–Trinajstić information content (AvgIpc) is 2.91. The van der Waals surface area contributed by atoms with Crippen molar-refractivity contribution in [3.05, 3.63) is 6.43 Å². The molecule has 0 spiro atoms. The molecule has 0 fully saturated rings. The second kappa shape index (κ2) is 11.6. The van der Waals surface area contributed by atoms with Crippen LogP contribution in [-0.4, -0.2) is 95.5 Å². The summed E-state index contributed by atoms with van der Waals surface area (Å²) in [6.07, 6.45) is -5.55. The Labute approximate surface area is 248 Å². The van der Waals surface area contributed by atoms with Crippen LogP contribution in [0.25, 0.3) is 0 Å². The van der Waals surface area contributed by atoms with Crippen molar-refractivity contribution in [3.8, 4) is 0 Å². The fraction of sp³-hybridized carbons (Fsp3) is 0.941. The number of hydrogen-bond donors (Lipinski definition) is 0. The van der Waals surface area contributed by atoms with Crippen LogP contribution in [0.2, 0.25) is 0 Å². The molecule has 0 aliphatic rings. The third-order valence-electron chi connectivity index (χ3n) is 5.99. The molecule has 0 rings (SSSR count). The SMILES string of the molecule is FCC(F)(F)C(F)(F)C(F)(F)C(F)(F)C(F)(F)C(F)(F)C(F)(F)C(F)(F)C(F)(F)C(F)(F)C(F)(F)C(F)(F)C(F)(F)C(F)(F)C(F)(F)[C](F)F. The summed E-state index contributed by atoms with van der Waals surface area (Å²) < 4.78 is 438. The second-order valence-corrected chi connectivity index (χ2v) is 9.14. The van der Waals surface area contributed by atoms with Crippen molar-refractivity contribution >= 4 is 0 Å². The largest absolute Gasteiger partial charge is 0.385 e. The predicted molar refractivity (Wildman–Crippen MR) is 85.6 cm³/mol. The van der Waals surface area contributed by atoms with Crippen molar-refractivity contribution in [2.45, 2.75) is 88.8 Å². The van der Waals surface area contributed by atoms with Crippen LogP contribution < -0.4 is 0 Å². The molecule has 301 valence electrons. The Bertz CT molecular complexity index is 1220. The number of rotatable bonds is 16. The zero-order chi connectivity index (χ0) is 41.8. The van der Waals surface area contributed by atoms with Gasteiger partial charge in [0, 0.05) is 0 Å². The van der Waals surface area contributed by atoms with E-state index in [-0.39, 0.29) is 0 Å². The van der Waals surface area contributed by atoms with Gasteiger partial charge in [0.2, 0.25) is 0 Å². The summed E-state index contributed by atoms with van der Waals surface area (Å²) in [5, 5.41) is 0. The van der Waals surface area contributed by atoms with Gasteiger partial charge in [-0.25, -0.2) is 4.39 Å². The highest BCUT2D eigenvalue weighted by Gasteiger charge is 3.01. The zero-order valence-electron chi connectivity index (χ0n) is 21.2. The molecule has 0 aliphatic carbocycles. The van der Waals surface area contributed by atoms with Gasteiger partial charge in [-0.05, 0) is 0 Å². The van der Waals surface area contributed by atoms with E-state index in [1.165, 1.54) is 0 Å². The van der Waals surface area contributed by atoms with Crippen LogP contribution >= 0.6 is 0 Å². The van der Waals surface area contributed by atoms with Gasteiger partial charge in [-0.3, -0.25) is 0 Å². The summed E-state index contributed by atoms with van der Waals surface area (Å²) in [5.41, 5.74) is 0. The van der Waals surface area contributed by atoms with E-state index in [1.54, 1.807) is 0 Å². The summed E-state index contributed by atoms with van der Waals surface area (Å²) >= 11 is 0. The molecule has 0 unspecified atom stereocenters. The first-order chi connectivity index (χ1) is 21.0. The molecule has 0 nitrogen and oxygen atoms in total. The summed E-state index contributed by atoms with van der Waals surface area (Å²) in [6, 6.07) is 0. The van der Waals surface area contributed by atoms with Crippen molar-refractivity contribution in [2.75, 3.05) is 6.67 Å². The van der Waals surface area contributed by atoms with E-state index < -0.39 is 102 Å². The molecule has 50 heavy (non-hydrogen) atoms. The van der Waals surface area contributed by atoms with Gasteiger partial charge in [0.25, 0.3) is 0 Å². The van der Waals surface area contributed by atoms with Gasteiger partial charge in [-0.15, -0.1) is 0 Å². The first kappa shape index (κ1) is 47.7. The monoisotopic (exact) mass is 833 g/mol. The molecule has 0 aromatic rings. The molecule has 33 heteroatoms. The molecule has 0 heterocycles. The van der Waals surface area contributed by atoms with E-state index in [9.17, 15) is 145 Å². The molecule has 0 N–H and O–H groups in total. The third-order valence-corrected chi connectivity index (χ3v) is 5.99. The minimum absolute atomic E-state index is 4.41. The third kappa shape index (κ3) is 5.18. The number of halogens is 33. The lowest BCUT2D eigenvalue weighted by molar-refractivity contribution is -0.487. The van der Waals surface area contributed by atoms with Crippen LogP contribution in [-0.2, 0) is 0 Å². The lowest BCUT2D eigenvalue weighted by Crippen LogP contribution is -2.79. The molecule has 1 radical (unpaired) electrons. The Morgan fingerprint density at radius 1 is 0.240 bits per heavy atom. The fourth-order valence-corrected chi connectivity index (χ4v) is 2.80. The minimum Gasteiger partial charge on any atom is -0.244 e. The standard InChI is InChI=1S/C17H2F33/c18-1-3(21,22)5(25,26)7(29,30)9(33,34)11(37,38)13(41,42)15(45,46)17(49,50)16(47,48)14(43,44)12(39,40)10(35,36)8(31,32)6(27,28)4(23,24)2(19)20/h1H2. The molecule has 0 aliphatic heterocycles. The van der Waals surface area contributed by atoms with Gasteiger partial charge >= 0.3 is 95.3 Å². The lowest BCUT2D eigenvalue weighted by Gasteiger charge is -2.46. The van der Waals surface area contributed by atoms with E-state index in [2.05, 4.69) is 0 Å². The highest BCUT2D eigenvalue weighted by atomic mass is 19.4. The fourth-order valence-electron chi connectivity index (χ4n) is 2.80. The van der Waals surface area contributed by atoms with Crippen LogP contribution in [0.15, 0.2) is 0 Å². The lowest BCUT2D eigenvalue weighted by atomic mass is 9.83. The predicted octanol–water partition coefficient (Wildman–Crippen LogP) is 10.9. The maximum atomic E-state index is 13.7. The summed E-state index contributed by atoms with van der Waals surface area (Å²) in [5.74, 6) is -142.